The smallest absolute Gasteiger partial charge is 0.414 e. The van der Waals surface area contributed by atoms with Crippen molar-refractivity contribution in [3.8, 4) is 5.75 Å². The zero-order chi connectivity index (χ0) is 20.8. The summed E-state index contributed by atoms with van der Waals surface area (Å²) in [6.45, 7) is 2.68. The van der Waals surface area contributed by atoms with Crippen molar-refractivity contribution in [1.82, 2.24) is 9.88 Å². The van der Waals surface area contributed by atoms with E-state index in [-0.39, 0.29) is 12.1 Å². The molecule has 1 aliphatic rings. The van der Waals surface area contributed by atoms with Crippen LogP contribution in [0.3, 0.4) is 0 Å². The van der Waals surface area contributed by atoms with Crippen molar-refractivity contribution in [1.29, 1.82) is 0 Å². The van der Waals surface area contributed by atoms with Gasteiger partial charge in [-0.15, -0.1) is 0 Å². The maximum absolute atomic E-state index is 12.5. The summed E-state index contributed by atoms with van der Waals surface area (Å²) in [7, 11) is 0. The number of benzene rings is 2. The van der Waals surface area contributed by atoms with Crippen molar-refractivity contribution in [2.75, 3.05) is 6.61 Å². The van der Waals surface area contributed by atoms with Crippen LogP contribution in [0.15, 0.2) is 79.1 Å². The summed E-state index contributed by atoms with van der Waals surface area (Å²) in [5.41, 5.74) is 4.12. The van der Waals surface area contributed by atoms with Crippen molar-refractivity contribution < 1.29 is 14.3 Å². The highest BCUT2D eigenvalue weighted by Gasteiger charge is 2.29. The Kier molecular flexibility index (Phi) is 6.09. The topological polar surface area (TPSA) is 51.7 Å². The fourth-order valence-corrected chi connectivity index (χ4v) is 3.54. The van der Waals surface area contributed by atoms with Gasteiger partial charge >= 0.3 is 6.09 Å². The van der Waals surface area contributed by atoms with E-state index in [0.717, 1.165) is 28.1 Å². The molecule has 2 heterocycles. The van der Waals surface area contributed by atoms with Crippen molar-refractivity contribution in [2.24, 2.45) is 0 Å². The molecule has 5 heteroatoms. The number of hydrogen-bond donors (Lipinski definition) is 0. The highest BCUT2D eigenvalue weighted by Crippen LogP contribution is 2.33. The molecule has 0 fully saturated rings. The van der Waals surface area contributed by atoms with E-state index in [1.165, 1.54) is 0 Å². The zero-order valence-corrected chi connectivity index (χ0v) is 16.9. The normalized spacial score (nSPS) is 14.8. The van der Waals surface area contributed by atoms with Gasteiger partial charge < -0.3 is 9.47 Å². The third-order valence-electron chi connectivity index (χ3n) is 5.04. The van der Waals surface area contributed by atoms with E-state index in [1.807, 2.05) is 79.7 Å². The first-order valence-corrected chi connectivity index (χ1v) is 10.1. The molecule has 3 aromatic rings. The second-order valence-electron chi connectivity index (χ2n) is 7.04. The Balaban J connectivity index is 1.49. The van der Waals surface area contributed by atoms with E-state index in [9.17, 15) is 4.79 Å². The third-order valence-corrected chi connectivity index (χ3v) is 5.04. The Bertz CT molecular complexity index is 1020. The Morgan fingerprint density at radius 2 is 1.80 bits per heavy atom. The number of pyridine rings is 1. The summed E-state index contributed by atoms with van der Waals surface area (Å²) in [5.74, 6) is 0.815. The molecule has 0 aliphatic carbocycles. The third kappa shape index (κ3) is 4.51. The maximum atomic E-state index is 12.5. The SMILES string of the molecule is CCOC(=O)N1C=Cc2ncccc2C1Cc1ccc(OCc2ccccc2)cc1. The summed E-state index contributed by atoms with van der Waals surface area (Å²) in [6.07, 6.45) is 5.68. The quantitative estimate of drug-likeness (QED) is 0.557. The number of ether oxygens (including phenoxy) is 2. The van der Waals surface area contributed by atoms with Gasteiger partial charge in [-0.2, -0.15) is 0 Å². The molecule has 1 amide bonds. The van der Waals surface area contributed by atoms with Gasteiger partial charge in [0, 0.05) is 18.0 Å². The van der Waals surface area contributed by atoms with Crippen molar-refractivity contribution in [2.45, 2.75) is 26.0 Å². The number of hydrogen-bond acceptors (Lipinski definition) is 4. The van der Waals surface area contributed by atoms with Crippen LogP contribution in [0.5, 0.6) is 5.75 Å². The molecule has 2 aromatic carbocycles. The first-order valence-electron chi connectivity index (χ1n) is 10.1. The molecule has 1 unspecified atom stereocenters. The fourth-order valence-electron chi connectivity index (χ4n) is 3.54. The average Bonchev–Trinajstić information content (AvgIpc) is 2.79. The molecule has 152 valence electrons. The van der Waals surface area contributed by atoms with E-state index in [1.54, 1.807) is 17.3 Å². The lowest BCUT2D eigenvalue weighted by Crippen LogP contribution is -2.34. The molecule has 1 aliphatic heterocycles. The molecule has 5 nitrogen and oxygen atoms in total. The van der Waals surface area contributed by atoms with Crippen LogP contribution in [-0.4, -0.2) is 22.6 Å². The van der Waals surface area contributed by atoms with Gasteiger partial charge in [0.15, 0.2) is 0 Å². The van der Waals surface area contributed by atoms with Crippen LogP contribution in [0.25, 0.3) is 6.08 Å². The molecule has 0 saturated heterocycles. The minimum atomic E-state index is -0.351. The lowest BCUT2D eigenvalue weighted by atomic mass is 9.94. The molecule has 1 aromatic heterocycles. The molecule has 4 rings (SSSR count). The van der Waals surface area contributed by atoms with Crippen LogP contribution in [0, 0.1) is 0 Å². The highest BCUT2D eigenvalue weighted by atomic mass is 16.6. The standard InChI is InChI=1S/C25H24N2O3/c1-2-29-25(28)27-16-14-23-22(9-6-15-26-23)24(27)17-19-10-12-21(13-11-19)30-18-20-7-4-3-5-8-20/h3-16,24H,2,17-18H2,1H3. The molecule has 0 bridgehead atoms. The first-order chi connectivity index (χ1) is 14.7. The Morgan fingerprint density at radius 3 is 2.57 bits per heavy atom. The molecule has 1 atom stereocenters. The fraction of sp³-hybridized carbons (Fsp3) is 0.200. The first kappa shape index (κ1) is 19.7. The Morgan fingerprint density at radius 1 is 1.00 bits per heavy atom. The molecule has 0 radical (unpaired) electrons. The van der Waals surface area contributed by atoms with E-state index in [0.29, 0.717) is 19.6 Å². The molecular formula is C25H24N2O3. The number of carbonyl (C=O) groups excluding carboxylic acids is 1. The van der Waals surface area contributed by atoms with Gasteiger partial charge in [0.05, 0.1) is 18.3 Å². The summed E-state index contributed by atoms with van der Waals surface area (Å²) < 4.78 is 11.1. The lowest BCUT2D eigenvalue weighted by molar-refractivity contribution is 0.109. The summed E-state index contributed by atoms with van der Waals surface area (Å²) >= 11 is 0. The van der Waals surface area contributed by atoms with Crippen LogP contribution >= 0.6 is 0 Å². The second-order valence-corrected chi connectivity index (χ2v) is 7.04. The number of nitrogens with zero attached hydrogens (tertiary/aromatic N) is 2. The monoisotopic (exact) mass is 400 g/mol. The number of amides is 1. The van der Waals surface area contributed by atoms with Gasteiger partial charge in [0.2, 0.25) is 0 Å². The predicted octanol–water partition coefficient (Wildman–Crippen LogP) is 5.39. The number of aromatic nitrogens is 1. The summed E-state index contributed by atoms with van der Waals surface area (Å²) in [5, 5.41) is 0. The molecule has 0 spiro atoms. The average molecular weight is 400 g/mol. The largest absolute Gasteiger partial charge is 0.489 e. The van der Waals surface area contributed by atoms with E-state index >= 15 is 0 Å². The van der Waals surface area contributed by atoms with Crippen molar-refractivity contribution in [3.05, 3.63) is 102 Å². The zero-order valence-electron chi connectivity index (χ0n) is 16.9. The minimum Gasteiger partial charge on any atom is -0.489 e. The number of carbonyl (C=O) groups is 1. The van der Waals surface area contributed by atoms with Crippen LogP contribution < -0.4 is 4.74 Å². The van der Waals surface area contributed by atoms with Gasteiger partial charge in [-0.1, -0.05) is 48.5 Å². The van der Waals surface area contributed by atoms with E-state index in [4.69, 9.17) is 9.47 Å². The summed E-state index contributed by atoms with van der Waals surface area (Å²) in [6, 6.07) is 21.8. The summed E-state index contributed by atoms with van der Waals surface area (Å²) in [4.78, 5) is 18.6. The Labute approximate surface area is 176 Å². The minimum absolute atomic E-state index is 0.172. The van der Waals surface area contributed by atoms with Gasteiger partial charge in [-0.05, 0) is 48.7 Å². The molecule has 0 N–H and O–H groups in total. The van der Waals surface area contributed by atoms with Crippen molar-refractivity contribution in [3.63, 3.8) is 0 Å². The molecule has 0 saturated carbocycles. The van der Waals surface area contributed by atoms with Crippen LogP contribution in [0.2, 0.25) is 0 Å². The molecular weight excluding hydrogens is 376 g/mol. The van der Waals surface area contributed by atoms with Gasteiger partial charge in [-0.25, -0.2) is 4.79 Å². The number of fused-ring (bicyclic) bond motifs is 1. The van der Waals surface area contributed by atoms with E-state index < -0.39 is 0 Å². The number of rotatable bonds is 6. The Hall–Kier alpha value is -3.60. The van der Waals surface area contributed by atoms with Gasteiger partial charge in [0.25, 0.3) is 0 Å². The van der Waals surface area contributed by atoms with Crippen LogP contribution in [0.1, 0.15) is 35.3 Å². The predicted molar refractivity (Wildman–Crippen MR) is 116 cm³/mol. The van der Waals surface area contributed by atoms with Gasteiger partial charge in [-0.3, -0.25) is 9.88 Å². The highest BCUT2D eigenvalue weighted by molar-refractivity contribution is 5.73. The van der Waals surface area contributed by atoms with Crippen LogP contribution in [0.4, 0.5) is 4.79 Å². The lowest BCUT2D eigenvalue weighted by Gasteiger charge is -2.32. The molecule has 30 heavy (non-hydrogen) atoms. The van der Waals surface area contributed by atoms with Gasteiger partial charge in [0.1, 0.15) is 12.4 Å². The van der Waals surface area contributed by atoms with Crippen molar-refractivity contribution >= 4 is 12.2 Å². The maximum Gasteiger partial charge on any atom is 0.414 e. The van der Waals surface area contributed by atoms with E-state index in [2.05, 4.69) is 4.98 Å². The van der Waals surface area contributed by atoms with Crippen LogP contribution in [-0.2, 0) is 17.8 Å². The second kappa shape index (κ2) is 9.27.